The van der Waals surface area contributed by atoms with Crippen molar-refractivity contribution >= 4 is 0 Å². The summed E-state index contributed by atoms with van der Waals surface area (Å²) in [5.41, 5.74) is 3.35. The molecule has 0 saturated heterocycles. The van der Waals surface area contributed by atoms with E-state index in [0.29, 0.717) is 6.54 Å². The van der Waals surface area contributed by atoms with E-state index >= 15 is 0 Å². The Kier molecular flexibility index (Phi) is 172. The molecule has 0 radical (unpaired) electrons. The zero-order chi connectivity index (χ0) is 3.41. The average Bonchev–Trinajstić information content (AvgIpc) is 1.37. The summed E-state index contributed by atoms with van der Waals surface area (Å²) in [4.78, 5) is 0. The largest absolute Gasteiger partial charge is 0.870 e. The van der Waals surface area contributed by atoms with Crippen LogP contribution in [0, 0.1) is 0 Å². The highest BCUT2D eigenvalue weighted by Crippen LogP contribution is 1.28. The molecule has 0 atom stereocenters. The van der Waals surface area contributed by atoms with Gasteiger partial charge in [-0.3, -0.25) is 0 Å². The van der Waals surface area contributed by atoms with Crippen LogP contribution in [0.1, 0.15) is 0 Å². The minimum absolute atomic E-state index is 0. The molecule has 0 aliphatic heterocycles. The SMILES string of the molecule is [NH3+]CCO.[NH4+].[OH-].[OH-]. The summed E-state index contributed by atoms with van der Waals surface area (Å²) in [5, 5.41) is 7.81. The highest BCUT2D eigenvalue weighted by Gasteiger charge is 1.60. The van der Waals surface area contributed by atoms with E-state index in [1.165, 1.54) is 0 Å². The van der Waals surface area contributed by atoms with Crippen molar-refractivity contribution in [3.8, 4) is 0 Å². The van der Waals surface area contributed by atoms with Crippen LogP contribution in [0.4, 0.5) is 0 Å². The number of aliphatic hydroxyl groups excluding tert-OH is 1. The van der Waals surface area contributed by atoms with Crippen molar-refractivity contribution in [1.82, 2.24) is 6.15 Å². The first-order valence-corrected chi connectivity index (χ1v) is 1.32. The van der Waals surface area contributed by atoms with Crippen LogP contribution in [-0.2, 0) is 0 Å². The molecule has 0 saturated carbocycles. The lowest BCUT2D eigenvalue weighted by Crippen LogP contribution is -2.51. The minimum Gasteiger partial charge on any atom is -0.870 e. The van der Waals surface area contributed by atoms with Crippen LogP contribution in [-0.4, -0.2) is 29.2 Å². The van der Waals surface area contributed by atoms with Crippen molar-refractivity contribution < 1.29 is 21.8 Å². The molecular formula is C2H14N2O3. The summed E-state index contributed by atoms with van der Waals surface area (Å²) in [6.07, 6.45) is 0. The van der Waals surface area contributed by atoms with Crippen molar-refractivity contribution in [2.24, 2.45) is 0 Å². The molecule has 0 aromatic carbocycles. The summed E-state index contributed by atoms with van der Waals surface area (Å²) in [6.45, 7) is 0.833. The maximum Gasteiger partial charge on any atom is 0.0974 e. The van der Waals surface area contributed by atoms with Gasteiger partial charge in [-0.15, -0.1) is 0 Å². The number of hydrogen-bond donors (Lipinski definition) is 3. The first-order chi connectivity index (χ1) is 1.91. The molecule has 0 aliphatic carbocycles. The Hall–Kier alpha value is -0.200. The molecule has 0 spiro atoms. The first-order valence-electron chi connectivity index (χ1n) is 1.32. The van der Waals surface area contributed by atoms with Gasteiger partial charge in [0.25, 0.3) is 0 Å². The third kappa shape index (κ3) is 131. The molecule has 0 fully saturated rings. The Morgan fingerprint density at radius 2 is 1.43 bits per heavy atom. The van der Waals surface area contributed by atoms with E-state index in [0.717, 1.165) is 0 Å². The Bertz CT molecular complexity index is 12.9. The van der Waals surface area contributed by atoms with Crippen LogP contribution in [0.25, 0.3) is 0 Å². The number of quaternary nitrogens is 2. The molecule has 5 heteroatoms. The van der Waals surface area contributed by atoms with Crippen LogP contribution >= 0.6 is 0 Å². The third-order valence-electron chi connectivity index (χ3n) is 0.158. The smallest absolute Gasteiger partial charge is 0.0974 e. The Labute approximate surface area is 42.3 Å². The average molecular weight is 114 g/mol. The Morgan fingerprint density at radius 3 is 1.43 bits per heavy atom. The second-order valence-corrected chi connectivity index (χ2v) is 0.577. The molecular weight excluding hydrogens is 100 g/mol. The maximum atomic E-state index is 7.81. The van der Waals surface area contributed by atoms with Gasteiger partial charge >= 0.3 is 0 Å². The van der Waals surface area contributed by atoms with Crippen LogP contribution in [0.5, 0.6) is 0 Å². The molecule has 0 rings (SSSR count). The minimum atomic E-state index is 0. The molecule has 0 bridgehead atoms. The summed E-state index contributed by atoms with van der Waals surface area (Å²) < 4.78 is 0. The number of hydrogen-bond acceptors (Lipinski definition) is 3. The first kappa shape index (κ1) is 29.2. The van der Waals surface area contributed by atoms with Crippen molar-refractivity contribution in [2.75, 3.05) is 13.2 Å². The second kappa shape index (κ2) is 41.2. The van der Waals surface area contributed by atoms with Crippen LogP contribution in [0.2, 0.25) is 0 Å². The van der Waals surface area contributed by atoms with Gasteiger partial charge < -0.3 is 27.9 Å². The van der Waals surface area contributed by atoms with E-state index < -0.39 is 0 Å². The van der Waals surface area contributed by atoms with Crippen molar-refractivity contribution in [3.05, 3.63) is 0 Å². The molecule has 0 heterocycles. The van der Waals surface area contributed by atoms with Gasteiger partial charge in [0, 0.05) is 0 Å². The third-order valence-corrected chi connectivity index (χ3v) is 0.158. The van der Waals surface area contributed by atoms with Crippen molar-refractivity contribution in [3.63, 3.8) is 0 Å². The molecule has 7 heavy (non-hydrogen) atoms. The number of rotatable bonds is 1. The summed E-state index contributed by atoms with van der Waals surface area (Å²) in [7, 11) is 0. The van der Waals surface area contributed by atoms with E-state index in [1.807, 2.05) is 0 Å². The lowest BCUT2D eigenvalue weighted by molar-refractivity contribution is -0.372. The quantitative estimate of drug-likeness (QED) is 0.371. The molecule has 10 N–H and O–H groups in total. The molecule has 5 nitrogen and oxygen atoms in total. The zero-order valence-corrected chi connectivity index (χ0v) is 4.46. The van der Waals surface area contributed by atoms with Crippen molar-refractivity contribution in [2.45, 2.75) is 0 Å². The molecule has 50 valence electrons. The predicted molar refractivity (Wildman–Crippen MR) is 24.7 cm³/mol. The molecule has 0 amide bonds. The van der Waals surface area contributed by atoms with Crippen LogP contribution in [0.3, 0.4) is 0 Å². The van der Waals surface area contributed by atoms with E-state index in [1.54, 1.807) is 0 Å². The van der Waals surface area contributed by atoms with E-state index in [4.69, 9.17) is 5.11 Å². The fraction of sp³-hybridized carbons (Fsp3) is 1.00. The summed E-state index contributed by atoms with van der Waals surface area (Å²) in [6, 6.07) is 0. The van der Waals surface area contributed by atoms with Gasteiger partial charge in [-0.1, -0.05) is 0 Å². The van der Waals surface area contributed by atoms with E-state index in [9.17, 15) is 0 Å². The highest BCUT2D eigenvalue weighted by atomic mass is 16.3. The molecule has 0 aliphatic rings. The van der Waals surface area contributed by atoms with Gasteiger partial charge in [-0.2, -0.15) is 0 Å². The molecule has 0 aromatic rings. The van der Waals surface area contributed by atoms with Gasteiger partial charge in [-0.25, -0.2) is 0 Å². The van der Waals surface area contributed by atoms with Crippen molar-refractivity contribution in [1.29, 1.82) is 0 Å². The Balaban J connectivity index is -0.0000000150. The number of aliphatic hydroxyl groups is 1. The van der Waals surface area contributed by atoms with E-state index in [-0.39, 0.29) is 23.7 Å². The highest BCUT2D eigenvalue weighted by molar-refractivity contribution is 4.03. The zero-order valence-electron chi connectivity index (χ0n) is 4.46. The fourth-order valence-corrected chi connectivity index (χ4v) is 0. The monoisotopic (exact) mass is 114 g/mol. The van der Waals surface area contributed by atoms with Gasteiger partial charge in [0.05, 0.1) is 13.2 Å². The van der Waals surface area contributed by atoms with Gasteiger partial charge in [0.15, 0.2) is 0 Å². The standard InChI is InChI=1S/C2H7NO.H3N.2H2O/c3-1-2-4;;;/h4H,1-3H2;1H3;2*1H2. The second-order valence-electron chi connectivity index (χ2n) is 0.577. The maximum absolute atomic E-state index is 7.81. The van der Waals surface area contributed by atoms with Gasteiger partial charge in [0.2, 0.25) is 0 Å². The molecule has 0 unspecified atom stereocenters. The van der Waals surface area contributed by atoms with Gasteiger partial charge in [0.1, 0.15) is 0 Å². The molecule has 0 aromatic heterocycles. The lowest BCUT2D eigenvalue weighted by atomic mass is 10.8. The normalized spacial score (nSPS) is 4.29. The topological polar surface area (TPSA) is 144 Å². The fourth-order valence-electron chi connectivity index (χ4n) is 0. The predicted octanol–water partition coefficient (Wildman–Crippen LogP) is -1.76. The van der Waals surface area contributed by atoms with E-state index in [2.05, 4.69) is 5.73 Å². The van der Waals surface area contributed by atoms with Crippen LogP contribution < -0.4 is 11.9 Å². The van der Waals surface area contributed by atoms with Gasteiger partial charge in [-0.05, 0) is 0 Å². The summed E-state index contributed by atoms with van der Waals surface area (Å²) in [5.74, 6) is 0. The summed E-state index contributed by atoms with van der Waals surface area (Å²) >= 11 is 0. The Morgan fingerprint density at radius 1 is 1.29 bits per heavy atom. The lowest BCUT2D eigenvalue weighted by Gasteiger charge is -1.67. The van der Waals surface area contributed by atoms with Crippen LogP contribution in [0.15, 0.2) is 0 Å².